The first-order chi connectivity index (χ1) is 14.8. The average Bonchev–Trinajstić information content (AvgIpc) is 3.18. The van der Waals surface area contributed by atoms with E-state index in [2.05, 4.69) is 10.2 Å². The Morgan fingerprint density at radius 3 is 2.52 bits per heavy atom. The van der Waals surface area contributed by atoms with Crippen LogP contribution in [0, 0.1) is 12.8 Å². The van der Waals surface area contributed by atoms with Gasteiger partial charge < -0.3 is 21.1 Å². The van der Waals surface area contributed by atoms with E-state index in [1.165, 1.54) is 32.1 Å². The highest BCUT2D eigenvalue weighted by Crippen LogP contribution is 2.26. The lowest BCUT2D eigenvalue weighted by Gasteiger charge is -2.22. The zero-order chi connectivity index (χ0) is 22.4. The number of fused-ring (bicyclic) bond motifs is 1. The van der Waals surface area contributed by atoms with Crippen LogP contribution < -0.4 is 16.0 Å². The number of amides is 1. The zero-order valence-corrected chi connectivity index (χ0v) is 18.6. The molecule has 1 aliphatic carbocycles. The number of anilines is 1. The van der Waals surface area contributed by atoms with E-state index in [9.17, 15) is 4.79 Å². The Labute approximate surface area is 184 Å². The molecule has 7 heteroatoms. The van der Waals surface area contributed by atoms with E-state index in [1.807, 2.05) is 31.2 Å². The van der Waals surface area contributed by atoms with Crippen LogP contribution in [0.1, 0.15) is 61.4 Å². The predicted molar refractivity (Wildman–Crippen MR) is 124 cm³/mol. The fraction of sp³-hybridized carbons (Fsp3) is 0.542. The van der Waals surface area contributed by atoms with Gasteiger partial charge in [0.25, 0.3) is 11.9 Å². The van der Waals surface area contributed by atoms with E-state index >= 15 is 0 Å². The van der Waals surface area contributed by atoms with Crippen molar-refractivity contribution in [2.24, 2.45) is 11.7 Å². The molecule has 1 amide bonds. The van der Waals surface area contributed by atoms with E-state index in [4.69, 9.17) is 20.6 Å². The summed E-state index contributed by atoms with van der Waals surface area (Å²) in [7, 11) is 0. The van der Waals surface area contributed by atoms with Gasteiger partial charge in [-0.3, -0.25) is 9.59 Å². The Hall–Kier alpha value is -2.67. The molecule has 4 N–H and O–H groups in total. The van der Waals surface area contributed by atoms with Gasteiger partial charge in [-0.1, -0.05) is 25.3 Å². The van der Waals surface area contributed by atoms with Crippen LogP contribution in [0.5, 0.6) is 0 Å². The van der Waals surface area contributed by atoms with Crippen LogP contribution >= 0.6 is 0 Å². The molecule has 31 heavy (non-hydrogen) atoms. The highest BCUT2D eigenvalue weighted by Gasteiger charge is 2.22. The summed E-state index contributed by atoms with van der Waals surface area (Å²) in [5.41, 5.74) is 8.67. The summed E-state index contributed by atoms with van der Waals surface area (Å²) in [6.07, 6.45) is 7.39. The SMILES string of the molecule is CC(=O)O.Cc1ccc2nc(N3CC[C@H](N)C3)ccc2c1C(=O)NCC1CCCCC1. The van der Waals surface area contributed by atoms with E-state index in [-0.39, 0.29) is 11.9 Å². The van der Waals surface area contributed by atoms with E-state index < -0.39 is 5.97 Å². The monoisotopic (exact) mass is 426 g/mol. The molecule has 1 saturated heterocycles. The quantitative estimate of drug-likeness (QED) is 0.691. The third-order valence-corrected chi connectivity index (χ3v) is 6.12. The Morgan fingerprint density at radius 1 is 1.16 bits per heavy atom. The first-order valence-electron chi connectivity index (χ1n) is 11.2. The van der Waals surface area contributed by atoms with Crippen molar-refractivity contribution >= 4 is 28.6 Å². The van der Waals surface area contributed by atoms with Crippen molar-refractivity contribution in [1.82, 2.24) is 10.3 Å². The van der Waals surface area contributed by atoms with Crippen LogP contribution in [-0.2, 0) is 4.79 Å². The number of hydrogen-bond donors (Lipinski definition) is 3. The molecule has 0 spiro atoms. The summed E-state index contributed by atoms with van der Waals surface area (Å²) in [5, 5.41) is 11.5. The molecule has 1 atom stereocenters. The lowest BCUT2D eigenvalue weighted by molar-refractivity contribution is -0.134. The normalized spacial score (nSPS) is 19.1. The summed E-state index contributed by atoms with van der Waals surface area (Å²) in [6.45, 7) is 5.66. The topological polar surface area (TPSA) is 109 Å². The minimum atomic E-state index is -0.833. The molecule has 2 heterocycles. The third kappa shape index (κ3) is 6.17. The molecule has 0 radical (unpaired) electrons. The van der Waals surface area contributed by atoms with Crippen molar-refractivity contribution in [1.29, 1.82) is 0 Å². The highest BCUT2D eigenvalue weighted by atomic mass is 16.4. The van der Waals surface area contributed by atoms with E-state index in [0.717, 1.165) is 60.8 Å². The van der Waals surface area contributed by atoms with Crippen LogP contribution in [0.3, 0.4) is 0 Å². The highest BCUT2D eigenvalue weighted by molar-refractivity contribution is 6.07. The van der Waals surface area contributed by atoms with Crippen LogP contribution in [0.2, 0.25) is 0 Å². The second-order valence-corrected chi connectivity index (χ2v) is 8.72. The number of hydrogen-bond acceptors (Lipinski definition) is 5. The number of carboxylic acids is 1. The minimum absolute atomic E-state index is 0.0291. The second-order valence-electron chi connectivity index (χ2n) is 8.72. The zero-order valence-electron chi connectivity index (χ0n) is 18.6. The van der Waals surface area contributed by atoms with E-state index in [1.54, 1.807) is 0 Å². The number of carbonyl (C=O) groups is 2. The molecule has 0 unspecified atom stereocenters. The molecule has 1 saturated carbocycles. The maximum atomic E-state index is 12.9. The van der Waals surface area contributed by atoms with Gasteiger partial charge in [0.2, 0.25) is 0 Å². The fourth-order valence-electron chi connectivity index (χ4n) is 4.49. The Bertz CT molecular complexity index is 920. The number of aliphatic carboxylic acids is 1. The van der Waals surface area contributed by atoms with Crippen LogP contribution in [0.15, 0.2) is 24.3 Å². The molecule has 1 aromatic heterocycles. The van der Waals surface area contributed by atoms with Crippen molar-refractivity contribution < 1.29 is 14.7 Å². The van der Waals surface area contributed by atoms with Crippen LogP contribution in [-0.4, -0.2) is 47.6 Å². The summed E-state index contributed by atoms with van der Waals surface area (Å²) in [6, 6.07) is 8.32. The molecule has 1 aliphatic heterocycles. The standard InChI is InChI=1S/C22H30N4O.C2H4O2/c1-15-7-9-19-18(8-10-20(25-19)26-12-11-17(23)14-26)21(15)22(27)24-13-16-5-3-2-4-6-16;1-2(3)4/h7-10,16-17H,2-6,11-14,23H2,1H3,(H,24,27);1H3,(H,3,4)/t17-;/m0./s1. The number of pyridine rings is 1. The molecule has 2 fully saturated rings. The largest absolute Gasteiger partial charge is 0.481 e. The Kier molecular flexibility index (Phi) is 7.85. The van der Waals surface area contributed by atoms with Gasteiger partial charge in [-0.2, -0.15) is 0 Å². The summed E-state index contributed by atoms with van der Waals surface area (Å²) < 4.78 is 0. The molecule has 0 bridgehead atoms. The van der Waals surface area contributed by atoms with Crippen LogP contribution in [0.4, 0.5) is 5.82 Å². The number of carbonyl (C=O) groups excluding carboxylic acids is 1. The minimum Gasteiger partial charge on any atom is -0.481 e. The molecule has 1 aromatic carbocycles. The molecule has 2 aromatic rings. The maximum Gasteiger partial charge on any atom is 0.300 e. The Morgan fingerprint density at radius 2 is 1.87 bits per heavy atom. The smallest absolute Gasteiger partial charge is 0.300 e. The first-order valence-corrected chi connectivity index (χ1v) is 11.2. The van der Waals surface area contributed by atoms with Gasteiger partial charge >= 0.3 is 0 Å². The number of carboxylic acid groups (broad SMARTS) is 1. The summed E-state index contributed by atoms with van der Waals surface area (Å²) in [5.74, 6) is 0.774. The van der Waals surface area contributed by atoms with Crippen molar-refractivity contribution in [3.8, 4) is 0 Å². The molecular formula is C24H34N4O3. The number of benzene rings is 1. The van der Waals surface area contributed by atoms with Gasteiger partial charge in [-0.15, -0.1) is 0 Å². The molecule has 168 valence electrons. The Balaban J connectivity index is 0.000000628. The number of aromatic nitrogens is 1. The number of nitrogens with zero attached hydrogens (tertiary/aromatic N) is 2. The van der Waals surface area contributed by atoms with Crippen molar-refractivity contribution in [2.75, 3.05) is 24.5 Å². The molecule has 2 aliphatic rings. The summed E-state index contributed by atoms with van der Waals surface area (Å²) in [4.78, 5) is 29.0. The molecule has 7 nitrogen and oxygen atoms in total. The lowest BCUT2D eigenvalue weighted by Crippen LogP contribution is -2.31. The van der Waals surface area contributed by atoms with E-state index in [0.29, 0.717) is 5.92 Å². The van der Waals surface area contributed by atoms with Gasteiger partial charge in [0.15, 0.2) is 0 Å². The lowest BCUT2D eigenvalue weighted by atomic mass is 9.89. The predicted octanol–water partition coefficient (Wildman–Crippen LogP) is 3.48. The van der Waals surface area contributed by atoms with Crippen molar-refractivity contribution in [2.45, 2.75) is 58.4 Å². The summed E-state index contributed by atoms with van der Waals surface area (Å²) >= 11 is 0. The number of nitrogens with two attached hydrogens (primary N) is 1. The van der Waals surface area contributed by atoms with Gasteiger partial charge in [0, 0.05) is 38.0 Å². The van der Waals surface area contributed by atoms with Gasteiger partial charge in [0.05, 0.1) is 11.1 Å². The average molecular weight is 427 g/mol. The van der Waals surface area contributed by atoms with Gasteiger partial charge in [-0.05, 0) is 55.9 Å². The molecular weight excluding hydrogens is 392 g/mol. The van der Waals surface area contributed by atoms with Gasteiger partial charge in [0.1, 0.15) is 5.82 Å². The number of nitrogens with one attached hydrogen (secondary N) is 1. The maximum absolute atomic E-state index is 12.9. The molecule has 4 rings (SSSR count). The van der Waals surface area contributed by atoms with Crippen molar-refractivity contribution in [3.63, 3.8) is 0 Å². The third-order valence-electron chi connectivity index (χ3n) is 6.12. The number of aryl methyl sites for hydroxylation is 1. The first kappa shape index (κ1) is 23.0. The van der Waals surface area contributed by atoms with Crippen LogP contribution in [0.25, 0.3) is 10.9 Å². The van der Waals surface area contributed by atoms with Gasteiger partial charge in [-0.25, -0.2) is 4.98 Å². The number of rotatable bonds is 4. The van der Waals surface area contributed by atoms with Crippen molar-refractivity contribution in [3.05, 3.63) is 35.4 Å². The second kappa shape index (κ2) is 10.6. The fourth-order valence-corrected chi connectivity index (χ4v) is 4.49.